The van der Waals surface area contributed by atoms with Crippen LogP contribution in [0.1, 0.15) is 12.0 Å². The molecule has 0 aromatic heterocycles. The predicted molar refractivity (Wildman–Crippen MR) is 91.9 cm³/mol. The molecule has 134 valence electrons. The van der Waals surface area contributed by atoms with Crippen molar-refractivity contribution in [1.29, 1.82) is 0 Å². The van der Waals surface area contributed by atoms with Crippen molar-refractivity contribution in [3.8, 4) is 0 Å². The third kappa shape index (κ3) is 4.32. The third-order valence-electron chi connectivity index (χ3n) is 4.44. The van der Waals surface area contributed by atoms with Crippen molar-refractivity contribution in [3.05, 3.63) is 35.9 Å². The lowest BCUT2D eigenvalue weighted by Gasteiger charge is -2.47. The van der Waals surface area contributed by atoms with Gasteiger partial charge in [0.2, 0.25) is 15.9 Å². The van der Waals surface area contributed by atoms with Gasteiger partial charge in [0.1, 0.15) is 5.60 Å². The Morgan fingerprint density at radius 3 is 2.54 bits per heavy atom. The number of amides is 1. The van der Waals surface area contributed by atoms with Crippen LogP contribution >= 0.6 is 0 Å². The van der Waals surface area contributed by atoms with Crippen LogP contribution in [0.5, 0.6) is 0 Å². The van der Waals surface area contributed by atoms with Gasteiger partial charge >= 0.3 is 0 Å². The largest absolute Gasteiger partial charge is 0.383 e. The van der Waals surface area contributed by atoms with E-state index in [4.69, 9.17) is 0 Å². The molecule has 0 spiro atoms. The van der Waals surface area contributed by atoms with Crippen LogP contribution in [0.2, 0.25) is 0 Å². The molecule has 0 saturated carbocycles. The number of piperidine rings is 1. The number of sulfonamides is 1. The molecular weight excluding hydrogens is 330 g/mol. The minimum Gasteiger partial charge on any atom is -0.383 e. The molecule has 24 heavy (non-hydrogen) atoms. The van der Waals surface area contributed by atoms with Crippen molar-refractivity contribution < 1.29 is 18.3 Å². The van der Waals surface area contributed by atoms with Crippen LogP contribution in [-0.4, -0.2) is 75.3 Å². The van der Waals surface area contributed by atoms with Crippen LogP contribution in [-0.2, 0) is 20.4 Å². The zero-order chi connectivity index (χ0) is 18.0. The van der Waals surface area contributed by atoms with Crippen molar-refractivity contribution in [2.75, 3.05) is 40.0 Å². The van der Waals surface area contributed by atoms with Crippen LogP contribution in [0, 0.1) is 0 Å². The van der Waals surface area contributed by atoms with Gasteiger partial charge in [0.05, 0.1) is 18.8 Å². The number of nitrogens with zero attached hydrogens (tertiary/aromatic N) is 2. The molecule has 1 aliphatic heterocycles. The summed E-state index contributed by atoms with van der Waals surface area (Å²) >= 11 is 0. The molecule has 2 N–H and O–H groups in total. The number of likely N-dealkylation sites (N-methyl/N-ethyl adjacent to an activating group) is 1. The molecular formula is C16H25N3O4S. The Labute approximate surface area is 143 Å². The second-order valence-corrected chi connectivity index (χ2v) is 8.29. The summed E-state index contributed by atoms with van der Waals surface area (Å²) in [6.45, 7) is 0.450. The fourth-order valence-corrected chi connectivity index (χ4v) is 3.49. The molecule has 1 heterocycles. The Hall–Kier alpha value is -1.48. The van der Waals surface area contributed by atoms with E-state index in [0.717, 1.165) is 11.8 Å². The quantitative estimate of drug-likeness (QED) is 0.749. The van der Waals surface area contributed by atoms with E-state index in [1.54, 1.807) is 4.90 Å². The van der Waals surface area contributed by atoms with Crippen molar-refractivity contribution in [2.24, 2.45) is 0 Å². The van der Waals surface area contributed by atoms with Gasteiger partial charge in [0.25, 0.3) is 0 Å². The molecule has 1 aromatic carbocycles. The average Bonchev–Trinajstić information content (AvgIpc) is 2.53. The van der Waals surface area contributed by atoms with E-state index in [0.29, 0.717) is 19.5 Å². The number of likely N-dealkylation sites (tertiary alicyclic amines) is 1. The maximum atomic E-state index is 12.3. The fraction of sp³-hybridized carbons (Fsp3) is 0.562. The van der Waals surface area contributed by atoms with Gasteiger partial charge in [-0.25, -0.2) is 13.1 Å². The van der Waals surface area contributed by atoms with Gasteiger partial charge in [-0.3, -0.25) is 4.79 Å². The Balaban J connectivity index is 2.15. The predicted octanol–water partition coefficient (Wildman–Crippen LogP) is -0.414. The molecule has 0 radical (unpaired) electrons. The van der Waals surface area contributed by atoms with Gasteiger partial charge in [0, 0.05) is 13.1 Å². The number of benzene rings is 1. The van der Waals surface area contributed by atoms with Crippen LogP contribution < -0.4 is 4.72 Å². The second-order valence-electron chi connectivity index (χ2n) is 6.45. The first-order valence-electron chi connectivity index (χ1n) is 7.80. The number of carbonyl (C=O) groups excluding carboxylic acids is 1. The van der Waals surface area contributed by atoms with Gasteiger partial charge in [-0.2, -0.15) is 0 Å². The monoisotopic (exact) mass is 355 g/mol. The highest BCUT2D eigenvalue weighted by atomic mass is 32.2. The van der Waals surface area contributed by atoms with E-state index < -0.39 is 15.6 Å². The summed E-state index contributed by atoms with van der Waals surface area (Å²) in [4.78, 5) is 15.8. The Bertz CT molecular complexity index is 678. The van der Waals surface area contributed by atoms with Gasteiger partial charge in [0.15, 0.2) is 0 Å². The van der Waals surface area contributed by atoms with Crippen LogP contribution in [0.3, 0.4) is 0 Å². The lowest BCUT2D eigenvalue weighted by Crippen LogP contribution is -2.60. The SMILES string of the molecule is CN(C)[C@@H]1CN(C(=O)CNS(C)(=O)=O)CC[C@]1(O)c1ccccc1. The molecule has 1 saturated heterocycles. The molecule has 1 amide bonds. The smallest absolute Gasteiger partial charge is 0.237 e. The summed E-state index contributed by atoms with van der Waals surface area (Å²) in [6.07, 6.45) is 1.41. The molecule has 0 bridgehead atoms. The number of carbonyl (C=O) groups is 1. The maximum absolute atomic E-state index is 12.3. The third-order valence-corrected chi connectivity index (χ3v) is 5.11. The van der Waals surface area contributed by atoms with E-state index in [9.17, 15) is 18.3 Å². The standard InChI is InChI=1S/C16H25N3O4S/c1-18(2)14-12-19(15(20)11-17-24(3,22)23)10-9-16(14,21)13-7-5-4-6-8-13/h4-8,14,17,21H,9-12H2,1-3H3/t14-,16+/m1/s1. The summed E-state index contributed by atoms with van der Waals surface area (Å²) < 4.78 is 24.5. The molecule has 7 nitrogen and oxygen atoms in total. The average molecular weight is 355 g/mol. The highest BCUT2D eigenvalue weighted by Gasteiger charge is 2.44. The fourth-order valence-electron chi connectivity index (χ4n) is 3.11. The summed E-state index contributed by atoms with van der Waals surface area (Å²) in [5.41, 5.74) is -0.226. The number of nitrogens with one attached hydrogen (secondary N) is 1. The number of rotatable bonds is 5. The van der Waals surface area contributed by atoms with Gasteiger partial charge in [-0.05, 0) is 26.1 Å². The minimum absolute atomic E-state index is 0.261. The number of aliphatic hydroxyl groups is 1. The molecule has 1 aliphatic rings. The Morgan fingerprint density at radius 2 is 2.00 bits per heavy atom. The summed E-state index contributed by atoms with van der Waals surface area (Å²) in [5.74, 6) is -0.289. The summed E-state index contributed by atoms with van der Waals surface area (Å²) in [6, 6.07) is 9.16. The summed E-state index contributed by atoms with van der Waals surface area (Å²) in [5, 5.41) is 11.2. The minimum atomic E-state index is -3.41. The molecule has 8 heteroatoms. The van der Waals surface area contributed by atoms with Crippen molar-refractivity contribution in [3.63, 3.8) is 0 Å². The Kier molecular flexibility index (Phi) is 5.64. The van der Waals surface area contributed by atoms with E-state index in [-0.39, 0.29) is 18.5 Å². The second kappa shape index (κ2) is 7.18. The molecule has 0 aliphatic carbocycles. The van der Waals surface area contributed by atoms with Crippen molar-refractivity contribution in [2.45, 2.75) is 18.1 Å². The first-order chi connectivity index (χ1) is 11.1. The lowest BCUT2D eigenvalue weighted by atomic mass is 9.80. The highest BCUT2D eigenvalue weighted by Crippen LogP contribution is 2.35. The van der Waals surface area contributed by atoms with Crippen LogP contribution in [0.4, 0.5) is 0 Å². The van der Waals surface area contributed by atoms with Crippen molar-refractivity contribution in [1.82, 2.24) is 14.5 Å². The van der Waals surface area contributed by atoms with Crippen molar-refractivity contribution >= 4 is 15.9 Å². The van der Waals surface area contributed by atoms with E-state index in [1.807, 2.05) is 49.3 Å². The first-order valence-corrected chi connectivity index (χ1v) is 9.69. The molecule has 2 atom stereocenters. The van der Waals surface area contributed by atoms with Gasteiger partial charge in [-0.1, -0.05) is 30.3 Å². The number of hydrogen-bond acceptors (Lipinski definition) is 5. The lowest BCUT2D eigenvalue weighted by molar-refractivity contribution is -0.140. The van der Waals surface area contributed by atoms with Gasteiger partial charge in [-0.15, -0.1) is 0 Å². The molecule has 1 aromatic rings. The Morgan fingerprint density at radius 1 is 1.38 bits per heavy atom. The number of hydrogen-bond donors (Lipinski definition) is 2. The molecule has 2 rings (SSSR count). The normalized spacial score (nSPS) is 25.0. The zero-order valence-electron chi connectivity index (χ0n) is 14.3. The zero-order valence-corrected chi connectivity index (χ0v) is 15.1. The molecule has 0 unspecified atom stereocenters. The van der Waals surface area contributed by atoms with E-state index in [1.165, 1.54) is 0 Å². The van der Waals surface area contributed by atoms with Gasteiger partial charge < -0.3 is 14.9 Å². The maximum Gasteiger partial charge on any atom is 0.237 e. The van der Waals surface area contributed by atoms with Crippen LogP contribution in [0.15, 0.2) is 30.3 Å². The van der Waals surface area contributed by atoms with E-state index in [2.05, 4.69) is 4.72 Å². The molecule has 1 fully saturated rings. The highest BCUT2D eigenvalue weighted by molar-refractivity contribution is 7.88. The summed E-state index contributed by atoms with van der Waals surface area (Å²) in [7, 11) is 0.314. The topological polar surface area (TPSA) is 90.0 Å². The van der Waals surface area contributed by atoms with E-state index >= 15 is 0 Å². The first kappa shape index (κ1) is 18.9. The van der Waals surface area contributed by atoms with Crippen LogP contribution in [0.25, 0.3) is 0 Å².